The Morgan fingerprint density at radius 1 is 0.935 bits per heavy atom. The summed E-state index contributed by atoms with van der Waals surface area (Å²) in [5.74, 6) is 1.07. The highest BCUT2D eigenvalue weighted by Gasteiger charge is 2.13. The molecule has 0 saturated heterocycles. The molecule has 0 saturated carbocycles. The second kappa shape index (κ2) is 12.9. The molecule has 7 heteroatoms. The molecule has 0 amide bonds. The summed E-state index contributed by atoms with van der Waals surface area (Å²) in [6.45, 7) is 4.37. The molecule has 3 rings (SSSR count). The number of rotatable bonds is 10. The van der Waals surface area contributed by atoms with Gasteiger partial charge in [0.1, 0.15) is 12.4 Å². The van der Waals surface area contributed by atoms with E-state index in [4.69, 9.17) is 21.1 Å². The normalized spacial score (nSPS) is 10.5. The molecular formula is C24H25BrCl2FNO2. The zero-order valence-corrected chi connectivity index (χ0v) is 20.3. The average molecular weight is 529 g/mol. The fraction of sp³-hybridized carbons (Fsp3) is 0.250. The number of hydrogen-bond acceptors (Lipinski definition) is 3. The van der Waals surface area contributed by atoms with E-state index in [1.54, 1.807) is 12.1 Å². The molecule has 0 fully saturated rings. The molecule has 0 spiro atoms. The van der Waals surface area contributed by atoms with Crippen LogP contribution in [-0.2, 0) is 19.6 Å². The number of ether oxygens (including phenoxy) is 2. The summed E-state index contributed by atoms with van der Waals surface area (Å²) in [4.78, 5) is 0. The fourth-order valence-corrected chi connectivity index (χ4v) is 3.71. The van der Waals surface area contributed by atoms with Crippen molar-refractivity contribution in [3.05, 3.63) is 92.7 Å². The summed E-state index contributed by atoms with van der Waals surface area (Å²) < 4.78 is 25.7. The molecule has 0 bridgehead atoms. The number of nitrogens with one attached hydrogen (secondary N) is 1. The Hall–Kier alpha value is -1.79. The van der Waals surface area contributed by atoms with Gasteiger partial charge in [-0.3, -0.25) is 0 Å². The van der Waals surface area contributed by atoms with Crippen molar-refractivity contribution in [1.82, 2.24) is 5.32 Å². The summed E-state index contributed by atoms with van der Waals surface area (Å²) in [6, 6.07) is 18.2. The van der Waals surface area contributed by atoms with E-state index in [0.717, 1.165) is 33.6 Å². The third-order valence-electron chi connectivity index (χ3n) is 4.50. The van der Waals surface area contributed by atoms with Crippen molar-refractivity contribution in [2.24, 2.45) is 0 Å². The number of halogens is 4. The summed E-state index contributed by atoms with van der Waals surface area (Å²) >= 11 is 9.53. The molecule has 0 atom stereocenters. The average Bonchev–Trinajstić information content (AvgIpc) is 2.73. The summed E-state index contributed by atoms with van der Waals surface area (Å²) in [5.41, 5.74) is 3.22. The Morgan fingerprint density at radius 2 is 1.61 bits per heavy atom. The van der Waals surface area contributed by atoms with Crippen molar-refractivity contribution < 1.29 is 13.9 Å². The van der Waals surface area contributed by atoms with E-state index in [1.807, 2.05) is 43.3 Å². The van der Waals surface area contributed by atoms with E-state index in [0.29, 0.717) is 31.3 Å². The molecule has 0 aliphatic rings. The van der Waals surface area contributed by atoms with Gasteiger partial charge in [0.05, 0.1) is 11.1 Å². The van der Waals surface area contributed by atoms with Gasteiger partial charge in [-0.15, -0.1) is 12.4 Å². The van der Waals surface area contributed by atoms with Crippen LogP contribution in [0.1, 0.15) is 23.6 Å². The minimum absolute atomic E-state index is 0. The predicted octanol–water partition coefficient (Wildman–Crippen LogP) is 6.97. The Morgan fingerprint density at radius 3 is 2.29 bits per heavy atom. The molecule has 3 nitrogen and oxygen atoms in total. The van der Waals surface area contributed by atoms with Crippen LogP contribution in [-0.4, -0.2) is 13.2 Å². The highest BCUT2D eigenvalue weighted by atomic mass is 79.9. The molecule has 3 aromatic carbocycles. The Bertz CT molecular complexity index is 953. The van der Waals surface area contributed by atoms with E-state index in [-0.39, 0.29) is 18.2 Å². The zero-order valence-electron chi connectivity index (χ0n) is 17.2. The monoisotopic (exact) mass is 527 g/mol. The van der Waals surface area contributed by atoms with Crippen molar-refractivity contribution in [2.75, 3.05) is 13.2 Å². The van der Waals surface area contributed by atoms with Crippen molar-refractivity contribution in [2.45, 2.75) is 26.5 Å². The predicted molar refractivity (Wildman–Crippen MR) is 130 cm³/mol. The Labute approximate surface area is 202 Å². The van der Waals surface area contributed by atoms with Crippen LogP contribution in [0.25, 0.3) is 0 Å². The summed E-state index contributed by atoms with van der Waals surface area (Å²) in [7, 11) is 0. The van der Waals surface area contributed by atoms with Crippen LogP contribution >= 0.6 is 39.9 Å². The second-order valence-electron chi connectivity index (χ2n) is 6.81. The topological polar surface area (TPSA) is 30.5 Å². The first-order valence-corrected chi connectivity index (χ1v) is 11.0. The molecule has 31 heavy (non-hydrogen) atoms. The minimum Gasteiger partial charge on any atom is -0.490 e. The molecule has 0 heterocycles. The lowest BCUT2D eigenvalue weighted by molar-refractivity contribution is 0.267. The van der Waals surface area contributed by atoms with Gasteiger partial charge in [0.15, 0.2) is 11.5 Å². The van der Waals surface area contributed by atoms with Crippen molar-refractivity contribution >= 4 is 39.9 Å². The first-order chi connectivity index (χ1) is 14.5. The van der Waals surface area contributed by atoms with E-state index < -0.39 is 0 Å². The molecule has 166 valence electrons. The maximum absolute atomic E-state index is 13.1. The zero-order chi connectivity index (χ0) is 21.3. The number of benzene rings is 3. The van der Waals surface area contributed by atoms with Crippen molar-refractivity contribution in [3.63, 3.8) is 0 Å². The lowest BCUT2D eigenvalue weighted by Crippen LogP contribution is -2.17. The first-order valence-electron chi connectivity index (χ1n) is 9.82. The first kappa shape index (κ1) is 25.5. The smallest absolute Gasteiger partial charge is 0.175 e. The van der Waals surface area contributed by atoms with E-state index >= 15 is 0 Å². The van der Waals surface area contributed by atoms with Gasteiger partial charge in [-0.2, -0.15) is 0 Å². The lowest BCUT2D eigenvalue weighted by atomic mass is 10.1. The molecular weight excluding hydrogens is 504 g/mol. The third kappa shape index (κ3) is 8.00. The SMILES string of the molecule is CCOc1cc(CNCCc2ccc(Cl)cc2)cc(Br)c1OCc1ccc(F)cc1.Cl. The Kier molecular flexibility index (Phi) is 10.6. The number of hydrogen-bond donors (Lipinski definition) is 1. The quantitative estimate of drug-likeness (QED) is 0.288. The minimum atomic E-state index is -0.261. The van der Waals surface area contributed by atoms with Crippen LogP contribution in [0.4, 0.5) is 4.39 Å². The van der Waals surface area contributed by atoms with Crippen LogP contribution in [0.3, 0.4) is 0 Å². The van der Waals surface area contributed by atoms with Crippen LogP contribution < -0.4 is 14.8 Å². The van der Waals surface area contributed by atoms with E-state index in [2.05, 4.69) is 21.2 Å². The van der Waals surface area contributed by atoms with Crippen LogP contribution in [0, 0.1) is 5.82 Å². The maximum Gasteiger partial charge on any atom is 0.175 e. The lowest BCUT2D eigenvalue weighted by Gasteiger charge is -2.16. The van der Waals surface area contributed by atoms with Crippen LogP contribution in [0.2, 0.25) is 5.02 Å². The van der Waals surface area contributed by atoms with Gasteiger partial charge in [0.2, 0.25) is 0 Å². The van der Waals surface area contributed by atoms with E-state index in [1.165, 1.54) is 17.7 Å². The molecule has 0 aromatic heterocycles. The molecule has 3 aromatic rings. The Balaban J connectivity index is 0.00000341. The van der Waals surface area contributed by atoms with Crippen molar-refractivity contribution in [1.29, 1.82) is 0 Å². The largest absolute Gasteiger partial charge is 0.490 e. The summed E-state index contributed by atoms with van der Waals surface area (Å²) in [5, 5.41) is 4.21. The molecule has 1 N–H and O–H groups in total. The highest BCUT2D eigenvalue weighted by molar-refractivity contribution is 9.10. The van der Waals surface area contributed by atoms with Gasteiger partial charge < -0.3 is 14.8 Å². The third-order valence-corrected chi connectivity index (χ3v) is 5.34. The van der Waals surface area contributed by atoms with Crippen LogP contribution in [0.5, 0.6) is 11.5 Å². The fourth-order valence-electron chi connectivity index (χ4n) is 2.98. The van der Waals surface area contributed by atoms with Gasteiger partial charge in [-0.25, -0.2) is 4.39 Å². The van der Waals surface area contributed by atoms with Crippen LogP contribution in [0.15, 0.2) is 65.1 Å². The molecule has 0 aliphatic heterocycles. The molecule has 0 unspecified atom stereocenters. The molecule has 0 aliphatic carbocycles. The second-order valence-corrected chi connectivity index (χ2v) is 8.10. The molecule has 0 radical (unpaired) electrons. The summed E-state index contributed by atoms with van der Waals surface area (Å²) in [6.07, 6.45) is 0.926. The van der Waals surface area contributed by atoms with E-state index in [9.17, 15) is 4.39 Å². The van der Waals surface area contributed by atoms with Gasteiger partial charge >= 0.3 is 0 Å². The van der Waals surface area contributed by atoms with Gasteiger partial charge in [0.25, 0.3) is 0 Å². The van der Waals surface area contributed by atoms with Gasteiger partial charge in [0, 0.05) is 11.6 Å². The van der Waals surface area contributed by atoms with Crippen molar-refractivity contribution in [3.8, 4) is 11.5 Å². The van der Waals surface area contributed by atoms with Gasteiger partial charge in [-0.05, 0) is 88.9 Å². The maximum atomic E-state index is 13.1. The standard InChI is InChI=1S/C24H24BrClFNO2.ClH/c1-2-29-23-14-19(15-28-12-11-17-3-7-20(26)8-4-17)13-22(25)24(23)30-16-18-5-9-21(27)10-6-18;/h3-10,13-14,28H,2,11-12,15-16H2,1H3;1H. The highest BCUT2D eigenvalue weighted by Crippen LogP contribution is 2.37. The van der Waals surface area contributed by atoms with Gasteiger partial charge in [-0.1, -0.05) is 35.9 Å².